The third-order valence-electron chi connectivity index (χ3n) is 5.15. The Labute approximate surface area is 163 Å². The Bertz CT molecular complexity index is 810. The first-order valence-corrected chi connectivity index (χ1v) is 9.33. The van der Waals surface area contributed by atoms with Crippen LogP contribution in [0.15, 0.2) is 18.2 Å². The quantitative estimate of drug-likeness (QED) is 0.771. The lowest BCUT2D eigenvalue weighted by atomic mass is 9.66. The van der Waals surface area contributed by atoms with Gasteiger partial charge in [0.15, 0.2) is 0 Å². The molecule has 1 aromatic rings. The topological polar surface area (TPSA) is 102 Å². The van der Waals surface area contributed by atoms with Crippen molar-refractivity contribution in [3.63, 3.8) is 0 Å². The Morgan fingerprint density at radius 3 is 2.61 bits per heavy atom. The van der Waals surface area contributed by atoms with Gasteiger partial charge in [-0.15, -0.1) is 0 Å². The van der Waals surface area contributed by atoms with E-state index in [-0.39, 0.29) is 35.0 Å². The Morgan fingerprint density at radius 1 is 1.36 bits per heavy atom. The summed E-state index contributed by atoms with van der Waals surface area (Å²) >= 11 is 0. The van der Waals surface area contributed by atoms with Crippen LogP contribution in [-0.2, 0) is 9.53 Å². The molecule has 2 amide bonds. The minimum absolute atomic E-state index is 0.0277. The van der Waals surface area contributed by atoms with Gasteiger partial charge in [-0.25, -0.2) is 9.18 Å². The van der Waals surface area contributed by atoms with Gasteiger partial charge < -0.3 is 20.7 Å². The molecule has 1 aromatic carbocycles. The van der Waals surface area contributed by atoms with E-state index in [2.05, 4.69) is 5.32 Å². The number of benzene rings is 1. The lowest BCUT2D eigenvalue weighted by Crippen LogP contribution is -2.46. The lowest BCUT2D eigenvalue weighted by molar-refractivity contribution is -0.132. The van der Waals surface area contributed by atoms with E-state index in [0.717, 1.165) is 6.07 Å². The molecule has 1 atom stereocenters. The van der Waals surface area contributed by atoms with Crippen molar-refractivity contribution in [1.82, 2.24) is 10.2 Å². The van der Waals surface area contributed by atoms with E-state index in [1.54, 1.807) is 25.7 Å². The van der Waals surface area contributed by atoms with Crippen LogP contribution in [0, 0.1) is 11.2 Å². The van der Waals surface area contributed by atoms with Crippen LogP contribution < -0.4 is 11.1 Å². The maximum atomic E-state index is 13.6. The molecule has 2 fully saturated rings. The van der Waals surface area contributed by atoms with Gasteiger partial charge in [0.2, 0.25) is 0 Å². The van der Waals surface area contributed by atoms with Crippen LogP contribution >= 0.6 is 0 Å². The molecule has 0 radical (unpaired) electrons. The molecule has 1 unspecified atom stereocenters. The van der Waals surface area contributed by atoms with Crippen molar-refractivity contribution in [2.45, 2.75) is 51.7 Å². The smallest absolute Gasteiger partial charge is 0.410 e. The van der Waals surface area contributed by atoms with Gasteiger partial charge in [-0.1, -0.05) is 0 Å². The lowest BCUT2D eigenvalue weighted by Gasteiger charge is -2.36. The van der Waals surface area contributed by atoms with E-state index in [1.807, 2.05) is 0 Å². The highest BCUT2D eigenvalue weighted by molar-refractivity contribution is 5.94. The average Bonchev–Trinajstić information content (AvgIpc) is 2.93. The van der Waals surface area contributed by atoms with E-state index in [9.17, 15) is 18.8 Å². The number of Topliss-reactive ketones (excluding diaryl/α,β-unsaturated/α-hetero) is 1. The third-order valence-corrected chi connectivity index (χ3v) is 5.15. The summed E-state index contributed by atoms with van der Waals surface area (Å²) in [6.07, 6.45) is 1.05. The fourth-order valence-electron chi connectivity index (χ4n) is 3.90. The minimum Gasteiger partial charge on any atom is -0.444 e. The SMILES string of the molecule is CC(C)(C)OC(=O)N1CC2(CC(=O)C2)CC1CNC(=O)c1ccc(N)c(F)c1. The van der Waals surface area contributed by atoms with Gasteiger partial charge in [0.25, 0.3) is 5.91 Å². The number of rotatable bonds is 3. The number of nitrogens with zero attached hydrogens (tertiary/aromatic N) is 1. The second kappa shape index (κ2) is 7.07. The van der Waals surface area contributed by atoms with Crippen LogP contribution in [0.2, 0.25) is 0 Å². The zero-order valence-corrected chi connectivity index (χ0v) is 16.4. The highest BCUT2D eigenvalue weighted by Gasteiger charge is 2.53. The number of ether oxygens (including phenoxy) is 1. The number of hydrogen-bond acceptors (Lipinski definition) is 5. The molecule has 3 N–H and O–H groups in total. The number of ketones is 1. The molecular weight excluding hydrogens is 365 g/mol. The standard InChI is InChI=1S/C20H26FN3O4/c1-19(2,3)28-18(27)24-11-20(8-14(25)9-20)7-13(24)10-23-17(26)12-4-5-16(22)15(21)6-12/h4-6,13H,7-11,22H2,1-3H3,(H,23,26). The molecule has 1 saturated carbocycles. The van der Waals surface area contributed by atoms with E-state index < -0.39 is 23.4 Å². The Morgan fingerprint density at radius 2 is 2.04 bits per heavy atom. The first-order chi connectivity index (χ1) is 13.0. The molecule has 8 heteroatoms. The Hall–Kier alpha value is -2.64. The van der Waals surface area contributed by atoms with Crippen molar-refractivity contribution >= 4 is 23.5 Å². The van der Waals surface area contributed by atoms with Gasteiger partial charge in [-0.05, 0) is 45.4 Å². The van der Waals surface area contributed by atoms with E-state index in [0.29, 0.717) is 25.8 Å². The van der Waals surface area contributed by atoms with Crippen LogP contribution in [0.1, 0.15) is 50.4 Å². The number of amides is 2. The molecule has 7 nitrogen and oxygen atoms in total. The van der Waals surface area contributed by atoms with Gasteiger partial charge in [0, 0.05) is 36.9 Å². The van der Waals surface area contributed by atoms with Gasteiger partial charge >= 0.3 is 6.09 Å². The van der Waals surface area contributed by atoms with Crippen LogP contribution in [0.3, 0.4) is 0 Å². The number of carbonyl (C=O) groups is 3. The molecule has 1 heterocycles. The number of nitrogens with two attached hydrogens (primary N) is 1. The fourth-order valence-corrected chi connectivity index (χ4v) is 3.90. The van der Waals surface area contributed by atoms with Crippen LogP contribution in [0.5, 0.6) is 0 Å². The number of hydrogen-bond donors (Lipinski definition) is 2. The minimum atomic E-state index is -0.657. The summed E-state index contributed by atoms with van der Waals surface area (Å²) in [5.74, 6) is -0.921. The summed E-state index contributed by atoms with van der Waals surface area (Å²) in [6.45, 7) is 5.99. The number of halogens is 1. The van der Waals surface area contributed by atoms with Gasteiger partial charge in [-0.3, -0.25) is 9.59 Å². The predicted octanol–water partition coefficient (Wildman–Crippen LogP) is 2.50. The zero-order valence-electron chi connectivity index (χ0n) is 16.4. The largest absolute Gasteiger partial charge is 0.444 e. The monoisotopic (exact) mass is 391 g/mol. The number of carbonyl (C=O) groups excluding carboxylic acids is 3. The summed E-state index contributed by atoms with van der Waals surface area (Å²) in [5.41, 5.74) is 4.69. The molecule has 0 aromatic heterocycles. The normalized spacial score (nSPS) is 20.8. The summed E-state index contributed by atoms with van der Waals surface area (Å²) < 4.78 is 19.1. The maximum absolute atomic E-state index is 13.6. The van der Waals surface area contributed by atoms with Crippen molar-refractivity contribution in [2.24, 2.45) is 5.41 Å². The maximum Gasteiger partial charge on any atom is 0.410 e. The van der Waals surface area contributed by atoms with E-state index in [4.69, 9.17) is 10.5 Å². The van der Waals surface area contributed by atoms with Crippen molar-refractivity contribution in [3.05, 3.63) is 29.6 Å². The summed E-state index contributed by atoms with van der Waals surface area (Å²) in [5, 5.41) is 2.75. The molecular formula is C20H26FN3O4. The van der Waals surface area contributed by atoms with Gasteiger partial charge in [0.05, 0.1) is 11.7 Å². The number of anilines is 1. The van der Waals surface area contributed by atoms with Gasteiger partial charge in [-0.2, -0.15) is 0 Å². The van der Waals surface area contributed by atoms with Crippen LogP contribution in [0.4, 0.5) is 14.9 Å². The van der Waals surface area contributed by atoms with Crippen molar-refractivity contribution in [3.8, 4) is 0 Å². The number of nitrogen functional groups attached to an aromatic ring is 1. The fraction of sp³-hybridized carbons (Fsp3) is 0.550. The zero-order chi connectivity index (χ0) is 20.7. The molecule has 3 rings (SSSR count). The van der Waals surface area contributed by atoms with E-state index in [1.165, 1.54) is 12.1 Å². The average molecular weight is 391 g/mol. The first kappa shape index (κ1) is 20.1. The van der Waals surface area contributed by atoms with E-state index >= 15 is 0 Å². The Balaban J connectivity index is 1.68. The molecule has 1 aliphatic heterocycles. The summed E-state index contributed by atoms with van der Waals surface area (Å²) in [6, 6.07) is 3.57. The van der Waals surface area contributed by atoms with Gasteiger partial charge in [0.1, 0.15) is 17.2 Å². The van der Waals surface area contributed by atoms with Crippen LogP contribution in [0.25, 0.3) is 0 Å². The highest BCUT2D eigenvalue weighted by atomic mass is 19.1. The molecule has 1 aliphatic carbocycles. The number of likely N-dealkylation sites (tertiary alicyclic amines) is 1. The van der Waals surface area contributed by atoms with Crippen molar-refractivity contribution in [1.29, 1.82) is 0 Å². The predicted molar refractivity (Wildman–Crippen MR) is 101 cm³/mol. The Kier molecular flexibility index (Phi) is 5.08. The summed E-state index contributed by atoms with van der Waals surface area (Å²) in [7, 11) is 0. The third kappa shape index (κ3) is 4.26. The summed E-state index contributed by atoms with van der Waals surface area (Å²) in [4.78, 5) is 38.1. The molecule has 1 saturated heterocycles. The van der Waals surface area contributed by atoms with Crippen LogP contribution in [-0.4, -0.2) is 47.4 Å². The van der Waals surface area contributed by atoms with Crippen molar-refractivity contribution in [2.75, 3.05) is 18.8 Å². The number of nitrogens with one attached hydrogen (secondary N) is 1. The highest BCUT2D eigenvalue weighted by Crippen LogP contribution is 2.48. The molecule has 0 bridgehead atoms. The molecule has 152 valence electrons. The molecule has 1 spiro atoms. The first-order valence-electron chi connectivity index (χ1n) is 9.33. The van der Waals surface area contributed by atoms with Crippen molar-refractivity contribution < 1.29 is 23.5 Å². The second-order valence-corrected chi connectivity index (χ2v) is 8.80. The second-order valence-electron chi connectivity index (χ2n) is 8.80. The molecule has 2 aliphatic rings. The molecule has 28 heavy (non-hydrogen) atoms.